The van der Waals surface area contributed by atoms with Gasteiger partial charge in [-0.25, -0.2) is 0 Å². The summed E-state index contributed by atoms with van der Waals surface area (Å²) in [5.41, 5.74) is 0. The van der Waals surface area contributed by atoms with E-state index in [2.05, 4.69) is 74.5 Å². The zero-order valence-corrected chi connectivity index (χ0v) is 18.0. The van der Waals surface area contributed by atoms with Crippen LogP contribution in [0.15, 0.2) is 60.7 Å². The maximum absolute atomic E-state index is 10.0. The second kappa shape index (κ2) is 15.4. The molecule has 0 unspecified atom stereocenters. The molecule has 3 heteroatoms. The summed E-state index contributed by atoms with van der Waals surface area (Å²) in [5.74, 6) is -0.913. The van der Waals surface area contributed by atoms with Gasteiger partial charge in [-0.3, -0.25) is 0 Å². The maximum atomic E-state index is 10.0. The molecular weight excluding hydrogens is 351 g/mol. The molecule has 0 bridgehead atoms. The monoisotopic (exact) mass is 386 g/mol. The Morgan fingerprint density at radius 3 is 1.59 bits per heavy atom. The summed E-state index contributed by atoms with van der Waals surface area (Å²) in [6.45, 7) is 4.48. The van der Waals surface area contributed by atoms with Gasteiger partial charge < -0.3 is 9.90 Å². The van der Waals surface area contributed by atoms with Crippen LogP contribution in [0.1, 0.15) is 65.2 Å². The van der Waals surface area contributed by atoms with Gasteiger partial charge in [0.2, 0.25) is 0 Å². The lowest BCUT2D eigenvalue weighted by Crippen LogP contribution is -2.21. The third-order valence-corrected chi connectivity index (χ3v) is 7.35. The molecule has 0 radical (unpaired) electrons. The van der Waals surface area contributed by atoms with E-state index in [1.54, 1.807) is 0 Å². The second-order valence-electron chi connectivity index (χ2n) is 6.81. The molecule has 0 amide bonds. The number of carboxylic acid groups (broad SMARTS) is 1. The Hall–Kier alpha value is -1.66. The Morgan fingerprint density at radius 2 is 1.19 bits per heavy atom. The first-order valence-electron chi connectivity index (χ1n) is 10.4. The van der Waals surface area contributed by atoms with Crippen LogP contribution in [0.4, 0.5) is 0 Å². The fraction of sp³-hybridized carbons (Fsp3) is 0.458. The van der Waals surface area contributed by atoms with Crippen LogP contribution >= 0.6 is 7.92 Å². The standard InChI is InChI=1S/C14H15P.C10H20O2/c1-2-15(13-9-5-3-6-10-13)14-11-7-4-8-12-14;1-2-3-4-5-6-7-8-9-10(11)12/h3-12H,2H2,1H3;2-9H2,1H3,(H,11,12). The van der Waals surface area contributed by atoms with Crippen molar-refractivity contribution in [2.75, 3.05) is 6.16 Å². The normalized spacial score (nSPS) is 10.3. The van der Waals surface area contributed by atoms with Crippen molar-refractivity contribution in [3.63, 3.8) is 0 Å². The predicted molar refractivity (Wildman–Crippen MR) is 119 cm³/mol. The van der Waals surface area contributed by atoms with Gasteiger partial charge in [0, 0.05) is 5.97 Å². The molecular formula is C24H35O2P. The van der Waals surface area contributed by atoms with Crippen LogP contribution in [0.5, 0.6) is 0 Å². The Labute approximate surface area is 166 Å². The van der Waals surface area contributed by atoms with Crippen molar-refractivity contribution in [1.29, 1.82) is 0 Å². The van der Waals surface area contributed by atoms with Crippen LogP contribution in [0.2, 0.25) is 0 Å². The SMILES string of the molecule is CCCCCCCCCC(=O)[O-].CC[PH+](c1ccccc1)c1ccccc1. The van der Waals surface area contributed by atoms with Gasteiger partial charge in [-0.15, -0.1) is 0 Å². The molecule has 0 aliphatic rings. The van der Waals surface area contributed by atoms with Crippen molar-refractivity contribution in [2.45, 2.75) is 65.2 Å². The minimum absolute atomic E-state index is 0.230. The number of hydrogen-bond donors (Lipinski definition) is 0. The van der Waals surface area contributed by atoms with Crippen molar-refractivity contribution in [1.82, 2.24) is 0 Å². The van der Waals surface area contributed by atoms with Gasteiger partial charge in [0.25, 0.3) is 0 Å². The largest absolute Gasteiger partial charge is 0.550 e. The summed E-state index contributed by atoms with van der Waals surface area (Å²) in [6, 6.07) is 21.7. The summed E-state index contributed by atoms with van der Waals surface area (Å²) >= 11 is 0. The van der Waals surface area contributed by atoms with E-state index >= 15 is 0 Å². The minimum Gasteiger partial charge on any atom is -0.550 e. The van der Waals surface area contributed by atoms with Gasteiger partial charge in [-0.05, 0) is 44.0 Å². The Bertz CT molecular complexity index is 559. The fourth-order valence-electron chi connectivity index (χ4n) is 3.08. The van der Waals surface area contributed by atoms with E-state index in [1.807, 2.05) is 0 Å². The highest BCUT2D eigenvalue weighted by molar-refractivity contribution is 7.72. The molecule has 0 spiro atoms. The van der Waals surface area contributed by atoms with Crippen molar-refractivity contribution in [3.05, 3.63) is 60.7 Å². The highest BCUT2D eigenvalue weighted by Gasteiger charge is 2.18. The number of hydrogen-bond acceptors (Lipinski definition) is 2. The molecule has 0 saturated carbocycles. The summed E-state index contributed by atoms with van der Waals surface area (Å²) < 4.78 is 0. The Morgan fingerprint density at radius 1 is 0.741 bits per heavy atom. The molecule has 2 nitrogen and oxygen atoms in total. The third kappa shape index (κ3) is 10.9. The van der Waals surface area contributed by atoms with Crippen LogP contribution < -0.4 is 15.7 Å². The van der Waals surface area contributed by atoms with Gasteiger partial charge in [0.15, 0.2) is 0 Å². The minimum atomic E-state index is -0.913. The summed E-state index contributed by atoms with van der Waals surface area (Å²) in [4.78, 5) is 10.0. The highest BCUT2D eigenvalue weighted by Crippen LogP contribution is 2.32. The molecule has 2 aromatic carbocycles. The zero-order valence-electron chi connectivity index (χ0n) is 17.0. The predicted octanol–water partition coefficient (Wildman–Crippen LogP) is 4.75. The van der Waals surface area contributed by atoms with Gasteiger partial charge in [0.05, 0.1) is 24.7 Å². The molecule has 0 saturated heterocycles. The Balaban J connectivity index is 0.000000279. The number of carbonyl (C=O) groups is 1. The van der Waals surface area contributed by atoms with Crippen LogP contribution in [0, 0.1) is 0 Å². The summed E-state index contributed by atoms with van der Waals surface area (Å²) in [7, 11) is -0.539. The molecule has 0 aliphatic heterocycles. The average molecular weight is 387 g/mol. The van der Waals surface area contributed by atoms with Crippen LogP contribution in [-0.2, 0) is 4.79 Å². The first-order valence-corrected chi connectivity index (χ1v) is 12.1. The first kappa shape index (κ1) is 23.4. The maximum Gasteiger partial charge on any atom is 0.0966 e. The lowest BCUT2D eigenvalue weighted by molar-refractivity contribution is -0.305. The number of carbonyl (C=O) groups excluding carboxylic acids is 1. The number of carboxylic acids is 1. The molecule has 2 aromatic rings. The molecule has 0 atom stereocenters. The molecule has 0 heterocycles. The number of aliphatic carboxylic acids is 1. The van der Waals surface area contributed by atoms with Crippen molar-refractivity contribution in [2.24, 2.45) is 0 Å². The summed E-state index contributed by atoms with van der Waals surface area (Å²) in [6.07, 6.45) is 9.59. The fourth-order valence-corrected chi connectivity index (χ4v) is 5.42. The van der Waals surface area contributed by atoms with Crippen molar-refractivity contribution in [3.8, 4) is 0 Å². The number of unbranched alkanes of at least 4 members (excludes halogenated alkanes) is 6. The van der Waals surface area contributed by atoms with E-state index in [1.165, 1.54) is 48.9 Å². The van der Waals surface area contributed by atoms with Gasteiger partial charge >= 0.3 is 0 Å². The lowest BCUT2D eigenvalue weighted by Gasteiger charge is -2.07. The van der Waals surface area contributed by atoms with E-state index < -0.39 is 13.9 Å². The van der Waals surface area contributed by atoms with Crippen LogP contribution in [0.3, 0.4) is 0 Å². The third-order valence-electron chi connectivity index (χ3n) is 4.58. The molecule has 0 aromatic heterocycles. The van der Waals surface area contributed by atoms with Gasteiger partial charge in [-0.2, -0.15) is 0 Å². The van der Waals surface area contributed by atoms with E-state index in [-0.39, 0.29) is 6.42 Å². The van der Waals surface area contributed by atoms with Gasteiger partial charge in [-0.1, -0.05) is 81.8 Å². The summed E-state index contributed by atoms with van der Waals surface area (Å²) in [5, 5.41) is 13.0. The van der Waals surface area contributed by atoms with Crippen molar-refractivity contribution < 1.29 is 9.90 Å². The quantitative estimate of drug-likeness (QED) is 0.413. The molecule has 0 fully saturated rings. The smallest absolute Gasteiger partial charge is 0.0966 e. The second-order valence-corrected chi connectivity index (χ2v) is 9.63. The van der Waals surface area contributed by atoms with E-state index in [4.69, 9.17) is 0 Å². The Kier molecular flexibility index (Phi) is 13.3. The molecule has 27 heavy (non-hydrogen) atoms. The van der Waals surface area contributed by atoms with E-state index in [0.29, 0.717) is 0 Å². The molecule has 0 aliphatic carbocycles. The lowest BCUT2D eigenvalue weighted by atomic mass is 10.1. The topological polar surface area (TPSA) is 40.1 Å². The molecule has 0 N–H and O–H groups in total. The van der Waals surface area contributed by atoms with Crippen molar-refractivity contribution >= 4 is 24.5 Å². The molecule has 148 valence electrons. The number of benzene rings is 2. The van der Waals surface area contributed by atoms with Gasteiger partial charge in [0.1, 0.15) is 0 Å². The van der Waals surface area contributed by atoms with E-state index in [9.17, 15) is 9.90 Å². The van der Waals surface area contributed by atoms with Crippen LogP contribution in [-0.4, -0.2) is 12.1 Å². The zero-order chi connectivity index (χ0) is 19.7. The van der Waals surface area contributed by atoms with Crippen LogP contribution in [0.25, 0.3) is 0 Å². The average Bonchev–Trinajstić information content (AvgIpc) is 2.70. The highest BCUT2D eigenvalue weighted by atomic mass is 31.1. The number of rotatable bonds is 11. The van der Waals surface area contributed by atoms with E-state index in [0.717, 1.165) is 12.8 Å². The molecule has 2 rings (SSSR count). The first-order chi connectivity index (χ1) is 13.2.